The van der Waals surface area contributed by atoms with Crippen LogP contribution < -0.4 is 11.1 Å². The number of hydrogen-bond acceptors (Lipinski definition) is 6. The third-order valence-electron chi connectivity index (χ3n) is 3.03. The lowest BCUT2D eigenvalue weighted by Crippen LogP contribution is -2.06. The fourth-order valence-corrected chi connectivity index (χ4v) is 2.85. The van der Waals surface area contributed by atoms with Gasteiger partial charge in [0.25, 0.3) is 0 Å². The molecule has 0 aliphatic heterocycles. The molecule has 2 aromatic rings. The Morgan fingerprint density at radius 2 is 2.19 bits per heavy atom. The molecule has 0 fully saturated rings. The Hall–Kier alpha value is -2.08. The summed E-state index contributed by atoms with van der Waals surface area (Å²) < 4.78 is 4.99. The molecule has 2 rings (SSSR count). The number of benzene rings is 1. The molecule has 0 unspecified atom stereocenters. The van der Waals surface area contributed by atoms with Gasteiger partial charge in [0, 0.05) is 4.88 Å². The molecule has 0 radical (unpaired) electrons. The first-order valence-corrected chi connectivity index (χ1v) is 7.66. The SMILES string of the molecule is CCOC(=O)c1ccc(N)c(Nc2nc(CC)c(C)s2)c1. The van der Waals surface area contributed by atoms with Crippen LogP contribution in [0.25, 0.3) is 0 Å². The van der Waals surface area contributed by atoms with Crippen LogP contribution >= 0.6 is 11.3 Å². The fourth-order valence-electron chi connectivity index (χ4n) is 1.93. The van der Waals surface area contributed by atoms with E-state index in [1.807, 2.05) is 6.92 Å². The van der Waals surface area contributed by atoms with E-state index in [0.717, 1.165) is 17.2 Å². The number of carbonyl (C=O) groups excluding carboxylic acids is 1. The molecular formula is C15H19N3O2S. The number of rotatable bonds is 5. The first kappa shape index (κ1) is 15.3. The number of esters is 1. The van der Waals surface area contributed by atoms with Gasteiger partial charge in [-0.25, -0.2) is 9.78 Å². The van der Waals surface area contributed by atoms with E-state index in [2.05, 4.69) is 17.2 Å². The number of aromatic nitrogens is 1. The quantitative estimate of drug-likeness (QED) is 0.653. The molecule has 21 heavy (non-hydrogen) atoms. The molecule has 5 nitrogen and oxygen atoms in total. The topological polar surface area (TPSA) is 77.2 Å². The average Bonchev–Trinajstić information content (AvgIpc) is 2.81. The Morgan fingerprint density at radius 3 is 2.81 bits per heavy atom. The zero-order valence-corrected chi connectivity index (χ0v) is 13.2. The fraction of sp³-hybridized carbons (Fsp3) is 0.333. The molecule has 0 aliphatic rings. The summed E-state index contributed by atoms with van der Waals surface area (Å²) in [5.74, 6) is -0.356. The predicted octanol–water partition coefficient (Wildman–Crippen LogP) is 3.52. The number of nitrogens with zero attached hydrogens (tertiary/aromatic N) is 1. The maximum atomic E-state index is 11.8. The summed E-state index contributed by atoms with van der Waals surface area (Å²) in [6, 6.07) is 5.04. The van der Waals surface area contributed by atoms with Crippen LogP contribution in [0.3, 0.4) is 0 Å². The highest BCUT2D eigenvalue weighted by Crippen LogP contribution is 2.29. The average molecular weight is 305 g/mol. The molecule has 112 valence electrons. The molecule has 1 aromatic carbocycles. The van der Waals surface area contributed by atoms with Gasteiger partial charge >= 0.3 is 5.97 Å². The number of nitrogens with two attached hydrogens (primary N) is 1. The van der Waals surface area contributed by atoms with Crippen LogP contribution in [0.1, 0.15) is 34.8 Å². The van der Waals surface area contributed by atoms with Gasteiger partial charge < -0.3 is 15.8 Å². The summed E-state index contributed by atoms with van der Waals surface area (Å²) in [5.41, 5.74) is 8.72. The van der Waals surface area contributed by atoms with Gasteiger partial charge in [0.05, 0.1) is 29.2 Å². The number of anilines is 3. The second-order valence-electron chi connectivity index (χ2n) is 4.52. The van der Waals surface area contributed by atoms with Crippen LogP contribution in [0, 0.1) is 6.92 Å². The molecule has 6 heteroatoms. The van der Waals surface area contributed by atoms with Gasteiger partial charge in [-0.1, -0.05) is 6.92 Å². The van der Waals surface area contributed by atoms with E-state index in [4.69, 9.17) is 10.5 Å². The van der Waals surface area contributed by atoms with Gasteiger partial charge in [0.2, 0.25) is 0 Å². The van der Waals surface area contributed by atoms with Crippen molar-refractivity contribution in [2.24, 2.45) is 0 Å². The zero-order valence-electron chi connectivity index (χ0n) is 12.4. The standard InChI is InChI=1S/C15H19N3O2S/c1-4-12-9(3)21-15(17-12)18-13-8-10(6-7-11(13)16)14(19)20-5-2/h6-8H,4-5,16H2,1-3H3,(H,17,18). The summed E-state index contributed by atoms with van der Waals surface area (Å²) in [5, 5.41) is 3.95. The van der Waals surface area contributed by atoms with Gasteiger partial charge in [0.15, 0.2) is 5.13 Å². The Balaban J connectivity index is 2.26. The number of ether oxygens (including phenoxy) is 1. The van der Waals surface area contributed by atoms with Crippen LogP contribution in [0.4, 0.5) is 16.5 Å². The molecule has 1 aromatic heterocycles. The van der Waals surface area contributed by atoms with E-state index in [0.29, 0.717) is 23.5 Å². The predicted molar refractivity (Wildman–Crippen MR) is 86.3 cm³/mol. The number of carbonyl (C=O) groups is 1. The molecule has 0 saturated heterocycles. The highest BCUT2D eigenvalue weighted by atomic mass is 32.1. The van der Waals surface area contributed by atoms with Crippen LogP contribution in [0.2, 0.25) is 0 Å². The Morgan fingerprint density at radius 1 is 1.43 bits per heavy atom. The van der Waals surface area contributed by atoms with Crippen molar-refractivity contribution in [1.29, 1.82) is 0 Å². The number of nitrogen functional groups attached to an aromatic ring is 1. The normalized spacial score (nSPS) is 10.4. The number of nitrogens with one attached hydrogen (secondary N) is 1. The van der Waals surface area contributed by atoms with Crippen molar-refractivity contribution in [2.45, 2.75) is 27.2 Å². The van der Waals surface area contributed by atoms with E-state index in [9.17, 15) is 4.79 Å². The van der Waals surface area contributed by atoms with Gasteiger partial charge in [-0.05, 0) is 38.5 Å². The van der Waals surface area contributed by atoms with Crippen LogP contribution in [0.5, 0.6) is 0 Å². The van der Waals surface area contributed by atoms with E-state index in [1.54, 1.807) is 36.5 Å². The second kappa shape index (κ2) is 6.58. The minimum Gasteiger partial charge on any atom is -0.462 e. The van der Waals surface area contributed by atoms with Gasteiger partial charge in [0.1, 0.15) is 0 Å². The highest BCUT2D eigenvalue weighted by Gasteiger charge is 2.11. The maximum absolute atomic E-state index is 11.8. The molecule has 0 aliphatic carbocycles. The monoisotopic (exact) mass is 305 g/mol. The van der Waals surface area contributed by atoms with Gasteiger partial charge in [-0.3, -0.25) is 0 Å². The third-order valence-corrected chi connectivity index (χ3v) is 3.96. The smallest absolute Gasteiger partial charge is 0.338 e. The van der Waals surface area contributed by atoms with Crippen LogP contribution in [-0.2, 0) is 11.2 Å². The van der Waals surface area contributed by atoms with Crippen molar-refractivity contribution in [2.75, 3.05) is 17.7 Å². The van der Waals surface area contributed by atoms with E-state index < -0.39 is 0 Å². The van der Waals surface area contributed by atoms with Crippen molar-refractivity contribution in [3.8, 4) is 0 Å². The summed E-state index contributed by atoms with van der Waals surface area (Å²) >= 11 is 1.57. The first-order valence-electron chi connectivity index (χ1n) is 6.85. The Labute approximate surface area is 128 Å². The third kappa shape index (κ3) is 3.52. The Bertz CT molecular complexity index is 652. The van der Waals surface area contributed by atoms with Crippen LogP contribution in [0.15, 0.2) is 18.2 Å². The molecule has 0 atom stereocenters. The van der Waals surface area contributed by atoms with Crippen molar-refractivity contribution < 1.29 is 9.53 Å². The minimum absolute atomic E-state index is 0.345. The second-order valence-corrected chi connectivity index (χ2v) is 5.73. The minimum atomic E-state index is -0.356. The largest absolute Gasteiger partial charge is 0.462 e. The zero-order chi connectivity index (χ0) is 15.4. The van der Waals surface area contributed by atoms with Gasteiger partial charge in [-0.2, -0.15) is 0 Å². The number of hydrogen-bond donors (Lipinski definition) is 2. The van der Waals surface area contributed by atoms with E-state index >= 15 is 0 Å². The molecular weight excluding hydrogens is 286 g/mol. The maximum Gasteiger partial charge on any atom is 0.338 e. The summed E-state index contributed by atoms with van der Waals surface area (Å²) in [7, 11) is 0. The number of aryl methyl sites for hydroxylation is 2. The van der Waals surface area contributed by atoms with Crippen molar-refractivity contribution in [3.05, 3.63) is 34.3 Å². The number of thiazole rings is 1. The van der Waals surface area contributed by atoms with Gasteiger partial charge in [-0.15, -0.1) is 11.3 Å². The molecule has 3 N–H and O–H groups in total. The van der Waals surface area contributed by atoms with E-state index in [1.165, 1.54) is 4.88 Å². The summed E-state index contributed by atoms with van der Waals surface area (Å²) in [6.45, 7) is 6.23. The molecule has 0 saturated carbocycles. The molecule has 0 amide bonds. The van der Waals surface area contributed by atoms with Crippen molar-refractivity contribution in [3.63, 3.8) is 0 Å². The Kier molecular flexibility index (Phi) is 4.80. The lowest BCUT2D eigenvalue weighted by Gasteiger charge is -2.09. The summed E-state index contributed by atoms with van der Waals surface area (Å²) in [4.78, 5) is 17.5. The lowest BCUT2D eigenvalue weighted by molar-refractivity contribution is 0.0526. The molecule has 0 spiro atoms. The highest BCUT2D eigenvalue weighted by molar-refractivity contribution is 7.15. The van der Waals surface area contributed by atoms with Crippen molar-refractivity contribution in [1.82, 2.24) is 4.98 Å². The first-order chi connectivity index (χ1) is 10.0. The lowest BCUT2D eigenvalue weighted by atomic mass is 10.2. The molecule has 1 heterocycles. The van der Waals surface area contributed by atoms with Crippen molar-refractivity contribution >= 4 is 33.8 Å². The molecule has 0 bridgehead atoms. The summed E-state index contributed by atoms with van der Waals surface area (Å²) in [6.07, 6.45) is 0.891. The van der Waals surface area contributed by atoms with Crippen LogP contribution in [-0.4, -0.2) is 17.6 Å². The van der Waals surface area contributed by atoms with E-state index in [-0.39, 0.29) is 5.97 Å².